The van der Waals surface area contributed by atoms with Gasteiger partial charge in [0, 0.05) is 0 Å². The molecule has 0 saturated heterocycles. The Bertz CT molecular complexity index is 1650. The minimum atomic E-state index is 0.402. The predicted octanol–water partition coefficient (Wildman–Crippen LogP) is 12.3. The van der Waals surface area contributed by atoms with Gasteiger partial charge in [-0.05, 0) is 115 Å². The third-order valence-electron chi connectivity index (χ3n) is 10.3. The van der Waals surface area contributed by atoms with Crippen molar-refractivity contribution in [2.75, 3.05) is 0 Å². The molecule has 0 aliphatic heterocycles. The largest absolute Gasteiger partial charge is 0.0678 e. The van der Waals surface area contributed by atoms with Crippen LogP contribution in [0.25, 0.3) is 11.1 Å². The number of fused-ring (bicyclic) bond motifs is 2. The van der Waals surface area contributed by atoms with Crippen LogP contribution in [0.2, 0.25) is 0 Å². The minimum Gasteiger partial charge on any atom is -0.0622 e. The molecule has 4 aromatic rings. The van der Waals surface area contributed by atoms with Gasteiger partial charge in [-0.3, -0.25) is 0 Å². The molecule has 0 bridgehead atoms. The highest BCUT2D eigenvalue weighted by Gasteiger charge is 2.39. The Morgan fingerprint density at radius 2 is 0.822 bits per heavy atom. The summed E-state index contributed by atoms with van der Waals surface area (Å²) in [5.74, 6) is 1.93. The highest BCUT2D eigenvalue weighted by Crippen LogP contribution is 2.53. The molecule has 0 N–H and O–H groups in total. The standard InChI is InChI=1S/C44H50Si/c1-25(2)33-21-35(27(5)6)41-37(23-33)43(29(9)39(41)31-17-13-11-14-18-31)45-44-30(10)40(32-19-15-12-16-20-32)42-36(28(7)8)22-34(26(3)4)24-38(42)44/h11-28,43-44H,1-10H3. The summed E-state index contributed by atoms with van der Waals surface area (Å²) < 4.78 is 0. The average molecular weight is 607 g/mol. The first-order chi connectivity index (χ1) is 21.5. The quantitative estimate of drug-likeness (QED) is 0.175. The summed E-state index contributed by atoms with van der Waals surface area (Å²) in [5, 5.41) is 0. The molecule has 2 atom stereocenters. The van der Waals surface area contributed by atoms with Gasteiger partial charge in [-0.1, -0.05) is 151 Å². The molecule has 2 aliphatic rings. The van der Waals surface area contributed by atoms with Crippen molar-refractivity contribution >= 4 is 20.7 Å². The Labute approximate surface area is 275 Å². The normalized spacial score (nSPS) is 17.8. The van der Waals surface area contributed by atoms with E-state index in [1.165, 1.54) is 55.7 Å². The topological polar surface area (TPSA) is 0 Å². The maximum atomic E-state index is 2.58. The Hall–Kier alpha value is -3.42. The molecule has 6 rings (SSSR count). The Morgan fingerprint density at radius 1 is 0.467 bits per heavy atom. The van der Waals surface area contributed by atoms with E-state index >= 15 is 0 Å². The monoisotopic (exact) mass is 606 g/mol. The van der Waals surface area contributed by atoms with Crippen molar-refractivity contribution in [3.05, 3.63) is 152 Å². The van der Waals surface area contributed by atoms with Gasteiger partial charge < -0.3 is 0 Å². The smallest absolute Gasteiger partial charge is 0.0622 e. The molecule has 0 amide bonds. The third-order valence-corrected chi connectivity index (χ3v) is 12.4. The van der Waals surface area contributed by atoms with Crippen LogP contribution in [-0.4, -0.2) is 9.52 Å². The van der Waals surface area contributed by atoms with Crippen LogP contribution in [0.1, 0.15) is 160 Å². The third kappa shape index (κ3) is 5.52. The molecular weight excluding hydrogens is 557 g/mol. The van der Waals surface area contributed by atoms with E-state index < -0.39 is 0 Å². The molecule has 0 spiro atoms. The zero-order valence-electron chi connectivity index (χ0n) is 29.0. The first kappa shape index (κ1) is 31.6. The lowest BCUT2D eigenvalue weighted by Crippen LogP contribution is -2.18. The molecule has 45 heavy (non-hydrogen) atoms. The molecule has 2 unspecified atom stereocenters. The van der Waals surface area contributed by atoms with Gasteiger partial charge in [0.1, 0.15) is 0 Å². The lowest BCUT2D eigenvalue weighted by molar-refractivity contribution is 0.824. The maximum Gasteiger partial charge on any atom is 0.0678 e. The van der Waals surface area contributed by atoms with Crippen molar-refractivity contribution in [3.8, 4) is 0 Å². The van der Waals surface area contributed by atoms with Crippen molar-refractivity contribution < 1.29 is 0 Å². The molecule has 2 radical (unpaired) electrons. The first-order valence-electron chi connectivity index (χ1n) is 17.1. The van der Waals surface area contributed by atoms with Crippen LogP contribution < -0.4 is 0 Å². The van der Waals surface area contributed by atoms with Crippen molar-refractivity contribution in [3.63, 3.8) is 0 Å². The summed E-state index contributed by atoms with van der Waals surface area (Å²) in [6, 6.07) is 32.6. The van der Waals surface area contributed by atoms with Gasteiger partial charge >= 0.3 is 0 Å². The summed E-state index contributed by atoms with van der Waals surface area (Å²) in [7, 11) is 0.740. The lowest BCUT2D eigenvalue weighted by Gasteiger charge is -2.24. The van der Waals surface area contributed by atoms with Crippen molar-refractivity contribution in [2.24, 2.45) is 0 Å². The Balaban J connectivity index is 1.60. The van der Waals surface area contributed by atoms with Crippen LogP contribution in [-0.2, 0) is 0 Å². The fraction of sp³-hybridized carbons (Fsp3) is 0.364. The fourth-order valence-electron chi connectivity index (χ4n) is 7.73. The molecule has 0 saturated carbocycles. The van der Waals surface area contributed by atoms with Crippen LogP contribution in [0.4, 0.5) is 0 Å². The minimum absolute atomic E-state index is 0.402. The summed E-state index contributed by atoms with van der Waals surface area (Å²) in [6.45, 7) is 23.8. The average Bonchev–Trinajstić information content (AvgIpc) is 3.46. The van der Waals surface area contributed by atoms with E-state index in [1.807, 2.05) is 0 Å². The summed E-state index contributed by atoms with van der Waals surface area (Å²) in [5.41, 5.74) is 21.7. The number of allylic oxidation sites excluding steroid dienone is 2. The fourth-order valence-corrected chi connectivity index (χ4v) is 9.67. The van der Waals surface area contributed by atoms with Gasteiger partial charge in [0.05, 0.1) is 9.52 Å². The summed E-state index contributed by atoms with van der Waals surface area (Å²) in [4.78, 5) is 0. The van der Waals surface area contributed by atoms with Crippen LogP contribution >= 0.6 is 0 Å². The van der Waals surface area contributed by atoms with Crippen molar-refractivity contribution in [1.82, 2.24) is 0 Å². The SMILES string of the molecule is CC1=C(c2ccccc2)c2c(C(C)C)cc(C(C)C)cc2C1[Si]C1C(C)=C(c2ccccc2)c2c(C(C)C)cc(C(C)C)cc21. The molecule has 4 aromatic carbocycles. The van der Waals surface area contributed by atoms with Gasteiger partial charge in [0.2, 0.25) is 0 Å². The van der Waals surface area contributed by atoms with Crippen LogP contribution in [0.15, 0.2) is 96.1 Å². The zero-order chi connectivity index (χ0) is 32.2. The number of hydrogen-bond donors (Lipinski definition) is 0. The molecule has 0 heterocycles. The Kier molecular flexibility index (Phi) is 8.70. The van der Waals surface area contributed by atoms with E-state index in [-0.39, 0.29) is 0 Å². The zero-order valence-corrected chi connectivity index (χ0v) is 30.0. The highest BCUT2D eigenvalue weighted by atomic mass is 28.2. The second-order valence-corrected chi connectivity index (χ2v) is 16.1. The van der Waals surface area contributed by atoms with E-state index in [0.29, 0.717) is 34.8 Å². The molecule has 0 aromatic heterocycles. The van der Waals surface area contributed by atoms with E-state index in [9.17, 15) is 0 Å². The second kappa shape index (κ2) is 12.4. The molecule has 230 valence electrons. The van der Waals surface area contributed by atoms with Crippen molar-refractivity contribution in [2.45, 2.75) is 104 Å². The molecule has 1 heteroatoms. The molecule has 0 fully saturated rings. The summed E-state index contributed by atoms with van der Waals surface area (Å²) >= 11 is 0. The van der Waals surface area contributed by atoms with E-state index in [2.05, 4.69) is 154 Å². The van der Waals surface area contributed by atoms with Gasteiger partial charge in [-0.2, -0.15) is 0 Å². The number of hydrogen-bond acceptors (Lipinski definition) is 0. The maximum absolute atomic E-state index is 2.58. The van der Waals surface area contributed by atoms with Crippen LogP contribution in [0.5, 0.6) is 0 Å². The van der Waals surface area contributed by atoms with Crippen LogP contribution in [0.3, 0.4) is 0 Å². The summed E-state index contributed by atoms with van der Waals surface area (Å²) in [6.07, 6.45) is 0. The number of benzene rings is 4. The van der Waals surface area contributed by atoms with Crippen molar-refractivity contribution in [1.29, 1.82) is 0 Å². The van der Waals surface area contributed by atoms with Crippen LogP contribution in [0, 0.1) is 0 Å². The number of rotatable bonds is 8. The van der Waals surface area contributed by atoms with E-state index in [0.717, 1.165) is 9.52 Å². The van der Waals surface area contributed by atoms with Gasteiger partial charge in [-0.15, -0.1) is 0 Å². The first-order valence-corrected chi connectivity index (χ1v) is 18.3. The molecule has 2 aliphatic carbocycles. The van der Waals surface area contributed by atoms with Gasteiger partial charge in [-0.25, -0.2) is 0 Å². The lowest BCUT2D eigenvalue weighted by atomic mass is 9.85. The van der Waals surface area contributed by atoms with Gasteiger partial charge in [0.15, 0.2) is 0 Å². The second-order valence-electron chi connectivity index (χ2n) is 14.6. The van der Waals surface area contributed by atoms with Gasteiger partial charge in [0.25, 0.3) is 0 Å². The molecule has 0 nitrogen and oxygen atoms in total. The van der Waals surface area contributed by atoms with E-state index in [1.54, 1.807) is 22.3 Å². The van der Waals surface area contributed by atoms with E-state index in [4.69, 9.17) is 0 Å². The Morgan fingerprint density at radius 3 is 1.13 bits per heavy atom. The molecular formula is C44H50Si. The highest BCUT2D eigenvalue weighted by molar-refractivity contribution is 6.44. The predicted molar refractivity (Wildman–Crippen MR) is 197 cm³/mol.